The summed E-state index contributed by atoms with van der Waals surface area (Å²) in [6.07, 6.45) is 2.83. The molecule has 2 atom stereocenters. The largest absolute Gasteiger partial charge is 0.457 e. The van der Waals surface area contributed by atoms with Gasteiger partial charge in [-0.15, -0.1) is 0 Å². The molecule has 1 fully saturated rings. The number of ether oxygens (including phenoxy) is 3. The number of aromatic nitrogens is 2. The first kappa shape index (κ1) is 21.5. The van der Waals surface area contributed by atoms with Gasteiger partial charge in [0, 0.05) is 48.5 Å². The minimum Gasteiger partial charge on any atom is -0.457 e. The third-order valence-corrected chi connectivity index (χ3v) is 5.76. The van der Waals surface area contributed by atoms with Gasteiger partial charge in [0.05, 0.1) is 6.42 Å². The Bertz CT molecular complexity index is 1360. The first-order valence-corrected chi connectivity index (χ1v) is 10.7. The molecule has 1 saturated heterocycles. The normalized spacial score (nSPS) is 17.5. The van der Waals surface area contributed by atoms with Gasteiger partial charge in [-0.05, 0) is 29.8 Å². The molecule has 3 heterocycles. The first-order chi connectivity index (χ1) is 16.4. The summed E-state index contributed by atoms with van der Waals surface area (Å²) in [4.78, 5) is 44.4. The molecular formula is C26H20N2O6. The van der Waals surface area contributed by atoms with Gasteiger partial charge in [-0.25, -0.2) is 0 Å². The zero-order valence-corrected chi connectivity index (χ0v) is 18.5. The SMILES string of the molecule is CC(=O)Oc1cccc2c(C3CC(=O)OC3c3ccnc4c(OC(C)=O)cccc34)ccnc12. The van der Waals surface area contributed by atoms with Crippen LogP contribution in [0.3, 0.4) is 0 Å². The minimum atomic E-state index is -0.589. The molecule has 0 spiro atoms. The van der Waals surface area contributed by atoms with E-state index in [1.165, 1.54) is 13.8 Å². The summed E-state index contributed by atoms with van der Waals surface area (Å²) in [5, 5.41) is 1.50. The minimum absolute atomic E-state index is 0.176. The van der Waals surface area contributed by atoms with Crippen molar-refractivity contribution < 1.29 is 28.6 Å². The fourth-order valence-electron chi connectivity index (χ4n) is 4.50. The Morgan fingerprint density at radius 2 is 1.35 bits per heavy atom. The average molecular weight is 456 g/mol. The number of carbonyl (C=O) groups is 3. The molecule has 5 rings (SSSR count). The number of rotatable bonds is 4. The number of hydrogen-bond acceptors (Lipinski definition) is 8. The lowest BCUT2D eigenvalue weighted by atomic mass is 9.86. The Morgan fingerprint density at radius 3 is 1.91 bits per heavy atom. The molecule has 34 heavy (non-hydrogen) atoms. The Labute approximate surface area is 194 Å². The van der Waals surface area contributed by atoms with E-state index in [9.17, 15) is 14.4 Å². The molecule has 4 aromatic rings. The van der Waals surface area contributed by atoms with E-state index in [0.717, 1.165) is 21.9 Å². The van der Waals surface area contributed by atoms with E-state index < -0.39 is 18.0 Å². The van der Waals surface area contributed by atoms with Gasteiger partial charge >= 0.3 is 17.9 Å². The van der Waals surface area contributed by atoms with Gasteiger partial charge in [0.25, 0.3) is 0 Å². The lowest BCUT2D eigenvalue weighted by molar-refractivity contribution is -0.141. The Balaban J connectivity index is 1.65. The van der Waals surface area contributed by atoms with Crippen LogP contribution < -0.4 is 9.47 Å². The van der Waals surface area contributed by atoms with Gasteiger partial charge < -0.3 is 14.2 Å². The molecule has 1 aliphatic rings. The summed E-state index contributed by atoms with van der Waals surface area (Å²) in [5.41, 5.74) is 2.66. The van der Waals surface area contributed by atoms with Crippen LogP contribution in [0.4, 0.5) is 0 Å². The lowest BCUT2D eigenvalue weighted by Crippen LogP contribution is -2.09. The highest BCUT2D eigenvalue weighted by atomic mass is 16.6. The zero-order valence-electron chi connectivity index (χ0n) is 18.5. The van der Waals surface area contributed by atoms with Crippen molar-refractivity contribution in [2.24, 2.45) is 0 Å². The van der Waals surface area contributed by atoms with Gasteiger partial charge in [0.15, 0.2) is 11.5 Å². The number of para-hydroxylation sites is 2. The monoisotopic (exact) mass is 456 g/mol. The number of nitrogens with zero attached hydrogens (tertiary/aromatic N) is 2. The van der Waals surface area contributed by atoms with Crippen LogP contribution in [0.1, 0.15) is 43.4 Å². The number of fused-ring (bicyclic) bond motifs is 2. The van der Waals surface area contributed by atoms with Crippen LogP contribution in [0.5, 0.6) is 11.5 Å². The predicted molar refractivity (Wildman–Crippen MR) is 122 cm³/mol. The van der Waals surface area contributed by atoms with Crippen LogP contribution in [-0.4, -0.2) is 27.9 Å². The second kappa shape index (κ2) is 8.55. The summed E-state index contributed by atoms with van der Waals surface area (Å²) in [6.45, 7) is 2.66. The quantitative estimate of drug-likeness (QED) is 0.329. The third-order valence-electron chi connectivity index (χ3n) is 5.76. The number of esters is 3. The summed E-state index contributed by atoms with van der Waals surface area (Å²) in [7, 11) is 0. The number of carbonyl (C=O) groups excluding carboxylic acids is 3. The van der Waals surface area contributed by atoms with Crippen molar-refractivity contribution in [1.29, 1.82) is 0 Å². The van der Waals surface area contributed by atoms with E-state index in [0.29, 0.717) is 22.5 Å². The van der Waals surface area contributed by atoms with Crippen molar-refractivity contribution >= 4 is 39.7 Å². The van der Waals surface area contributed by atoms with Crippen molar-refractivity contribution in [2.45, 2.75) is 32.3 Å². The van der Waals surface area contributed by atoms with Crippen LogP contribution in [0.15, 0.2) is 60.9 Å². The van der Waals surface area contributed by atoms with Crippen molar-refractivity contribution in [3.8, 4) is 11.5 Å². The smallest absolute Gasteiger partial charge is 0.308 e. The van der Waals surface area contributed by atoms with Crippen molar-refractivity contribution in [3.05, 3.63) is 72.1 Å². The molecule has 0 saturated carbocycles. The van der Waals surface area contributed by atoms with Gasteiger partial charge in [0.2, 0.25) is 0 Å². The second-order valence-corrected chi connectivity index (χ2v) is 8.01. The molecule has 8 nitrogen and oxygen atoms in total. The highest BCUT2D eigenvalue weighted by Crippen LogP contribution is 2.46. The van der Waals surface area contributed by atoms with E-state index in [4.69, 9.17) is 14.2 Å². The van der Waals surface area contributed by atoms with Gasteiger partial charge in [-0.3, -0.25) is 24.4 Å². The fourth-order valence-corrected chi connectivity index (χ4v) is 4.50. The van der Waals surface area contributed by atoms with E-state index >= 15 is 0 Å². The molecule has 0 aliphatic carbocycles. The average Bonchev–Trinajstić information content (AvgIpc) is 3.19. The highest BCUT2D eigenvalue weighted by molar-refractivity contribution is 5.92. The van der Waals surface area contributed by atoms with Gasteiger partial charge in [-0.1, -0.05) is 24.3 Å². The summed E-state index contributed by atoms with van der Waals surface area (Å²) in [5.74, 6) is -0.826. The standard InChI is InChI=1S/C26H20N2O6/c1-14(29)32-21-7-3-5-17-16(9-11-27-24(17)21)20-13-23(31)34-26(20)19-10-12-28-25-18(19)6-4-8-22(25)33-15(2)30/h3-12,20,26H,13H2,1-2H3. The molecule has 0 amide bonds. The molecule has 0 radical (unpaired) electrons. The molecule has 2 aromatic heterocycles. The Morgan fingerprint density at radius 1 is 0.824 bits per heavy atom. The predicted octanol–water partition coefficient (Wildman–Crippen LogP) is 4.41. The molecule has 2 aromatic carbocycles. The maximum Gasteiger partial charge on any atom is 0.308 e. The highest BCUT2D eigenvalue weighted by Gasteiger charge is 2.39. The molecule has 2 unspecified atom stereocenters. The number of benzene rings is 2. The maximum absolute atomic E-state index is 12.5. The zero-order chi connectivity index (χ0) is 23.8. The number of hydrogen-bond donors (Lipinski definition) is 0. The summed E-state index contributed by atoms with van der Waals surface area (Å²) in [6, 6.07) is 14.3. The van der Waals surface area contributed by atoms with E-state index in [1.54, 1.807) is 36.7 Å². The van der Waals surface area contributed by atoms with Gasteiger partial charge in [-0.2, -0.15) is 0 Å². The van der Waals surface area contributed by atoms with Crippen molar-refractivity contribution in [3.63, 3.8) is 0 Å². The van der Waals surface area contributed by atoms with Crippen LogP contribution in [-0.2, 0) is 19.1 Å². The van der Waals surface area contributed by atoms with Crippen LogP contribution >= 0.6 is 0 Å². The first-order valence-electron chi connectivity index (χ1n) is 10.7. The topological polar surface area (TPSA) is 105 Å². The van der Waals surface area contributed by atoms with Crippen LogP contribution in [0, 0.1) is 0 Å². The third kappa shape index (κ3) is 3.83. The summed E-state index contributed by atoms with van der Waals surface area (Å²) >= 11 is 0. The van der Waals surface area contributed by atoms with Crippen molar-refractivity contribution in [2.75, 3.05) is 0 Å². The second-order valence-electron chi connectivity index (χ2n) is 8.01. The molecular weight excluding hydrogens is 436 g/mol. The molecule has 170 valence electrons. The van der Waals surface area contributed by atoms with E-state index in [1.807, 2.05) is 24.3 Å². The maximum atomic E-state index is 12.5. The van der Waals surface area contributed by atoms with Crippen molar-refractivity contribution in [1.82, 2.24) is 9.97 Å². The van der Waals surface area contributed by atoms with E-state index in [2.05, 4.69) is 9.97 Å². The molecule has 0 N–H and O–H groups in total. The Kier molecular flexibility index (Phi) is 5.41. The lowest BCUT2D eigenvalue weighted by Gasteiger charge is -2.21. The molecule has 0 bridgehead atoms. The Hall–Kier alpha value is -4.33. The molecule has 1 aliphatic heterocycles. The summed E-state index contributed by atoms with van der Waals surface area (Å²) < 4.78 is 16.5. The number of pyridine rings is 2. The van der Waals surface area contributed by atoms with Crippen LogP contribution in [0.25, 0.3) is 21.8 Å². The molecule has 8 heteroatoms. The fraction of sp³-hybridized carbons (Fsp3) is 0.192. The number of cyclic esters (lactones) is 1. The van der Waals surface area contributed by atoms with E-state index in [-0.39, 0.29) is 18.3 Å². The van der Waals surface area contributed by atoms with Gasteiger partial charge in [0.1, 0.15) is 17.1 Å². The van der Waals surface area contributed by atoms with Crippen LogP contribution in [0.2, 0.25) is 0 Å².